The highest BCUT2D eigenvalue weighted by molar-refractivity contribution is 5.96. The third-order valence-electron chi connectivity index (χ3n) is 3.91. The molecule has 0 aliphatic carbocycles. The van der Waals surface area contributed by atoms with Crippen LogP contribution in [0, 0.1) is 5.82 Å². The molecule has 0 atom stereocenters. The van der Waals surface area contributed by atoms with Crippen molar-refractivity contribution in [2.24, 2.45) is 0 Å². The molecule has 3 rings (SSSR count). The zero-order valence-corrected chi connectivity index (χ0v) is 13.3. The van der Waals surface area contributed by atoms with E-state index >= 15 is 0 Å². The van der Waals surface area contributed by atoms with Gasteiger partial charge in [-0.1, -0.05) is 0 Å². The van der Waals surface area contributed by atoms with Gasteiger partial charge in [-0.25, -0.2) is 4.39 Å². The van der Waals surface area contributed by atoms with E-state index in [1.807, 2.05) is 6.07 Å². The van der Waals surface area contributed by atoms with Crippen LogP contribution < -0.4 is 4.90 Å². The molecule has 0 bridgehead atoms. The minimum absolute atomic E-state index is 0.000869. The predicted octanol–water partition coefficient (Wildman–Crippen LogP) is 3.20. The molecule has 0 saturated heterocycles. The smallest absolute Gasteiger partial charge is 0.303 e. The highest BCUT2D eigenvalue weighted by Crippen LogP contribution is 2.29. The maximum absolute atomic E-state index is 13.1. The number of rotatable bonds is 7. The van der Waals surface area contributed by atoms with E-state index in [1.54, 1.807) is 24.3 Å². The lowest BCUT2D eigenvalue weighted by Gasteiger charge is -2.17. The Morgan fingerprint density at radius 3 is 2.68 bits per heavy atom. The van der Waals surface area contributed by atoms with E-state index in [2.05, 4.69) is 10.2 Å². The number of aromatic amines is 1. The fourth-order valence-electron chi connectivity index (χ4n) is 2.65. The van der Waals surface area contributed by atoms with Gasteiger partial charge in [0.1, 0.15) is 5.82 Å². The Morgan fingerprint density at radius 1 is 1.24 bits per heavy atom. The summed E-state index contributed by atoms with van der Waals surface area (Å²) in [6.45, 7) is 0.311. The number of carbonyl (C=O) groups excluding carboxylic acids is 1. The van der Waals surface area contributed by atoms with Gasteiger partial charge < -0.3 is 10.0 Å². The molecule has 1 heterocycles. The number of carbonyl (C=O) groups is 2. The summed E-state index contributed by atoms with van der Waals surface area (Å²) in [5, 5.41) is 16.7. The first-order valence-corrected chi connectivity index (χ1v) is 7.76. The molecule has 0 aliphatic rings. The number of hydrogen-bond acceptors (Lipinski definition) is 3. The SMILES string of the molecule is O=CN(CCCC(=O)O)c1ccc2[nH]nc(-c3ccc(F)cc3)c2c1. The Morgan fingerprint density at radius 2 is 2.00 bits per heavy atom. The van der Waals surface area contributed by atoms with Gasteiger partial charge in [-0.3, -0.25) is 14.7 Å². The molecule has 25 heavy (non-hydrogen) atoms. The molecule has 6 nitrogen and oxygen atoms in total. The second-order valence-corrected chi connectivity index (χ2v) is 5.61. The lowest BCUT2D eigenvalue weighted by Crippen LogP contribution is -2.22. The van der Waals surface area contributed by atoms with Crippen LogP contribution in [-0.4, -0.2) is 34.2 Å². The van der Waals surface area contributed by atoms with Crippen molar-refractivity contribution in [2.45, 2.75) is 12.8 Å². The van der Waals surface area contributed by atoms with Crippen molar-refractivity contribution in [3.8, 4) is 11.3 Å². The van der Waals surface area contributed by atoms with Gasteiger partial charge in [-0.05, 0) is 48.9 Å². The number of aromatic nitrogens is 2. The van der Waals surface area contributed by atoms with Crippen LogP contribution >= 0.6 is 0 Å². The summed E-state index contributed by atoms with van der Waals surface area (Å²) in [6.07, 6.45) is 1.04. The number of carboxylic acids is 1. The zero-order valence-electron chi connectivity index (χ0n) is 13.3. The largest absolute Gasteiger partial charge is 0.481 e. The summed E-state index contributed by atoms with van der Waals surface area (Å²) in [4.78, 5) is 23.4. The molecule has 7 heteroatoms. The topological polar surface area (TPSA) is 86.3 Å². The lowest BCUT2D eigenvalue weighted by atomic mass is 10.1. The molecule has 0 fully saturated rings. The Bertz CT molecular complexity index is 906. The maximum atomic E-state index is 13.1. The van der Waals surface area contributed by atoms with Crippen LogP contribution in [0.3, 0.4) is 0 Å². The second kappa shape index (κ2) is 7.12. The minimum atomic E-state index is -0.894. The van der Waals surface area contributed by atoms with Crippen LogP contribution in [0.4, 0.5) is 10.1 Å². The standard InChI is InChI=1S/C18H16FN3O3/c19-13-5-3-12(4-6-13)18-15-10-14(7-8-16(15)20-21-18)22(11-23)9-1-2-17(24)25/h3-8,10-11H,1-2,9H2,(H,20,21)(H,24,25). The molecule has 2 N–H and O–H groups in total. The third-order valence-corrected chi connectivity index (χ3v) is 3.91. The number of fused-ring (bicyclic) bond motifs is 1. The van der Waals surface area contributed by atoms with E-state index in [9.17, 15) is 14.0 Å². The molecular weight excluding hydrogens is 325 g/mol. The number of halogens is 1. The Labute approximate surface area is 142 Å². The minimum Gasteiger partial charge on any atom is -0.481 e. The van der Waals surface area contributed by atoms with E-state index in [1.165, 1.54) is 17.0 Å². The summed E-state index contributed by atoms with van der Waals surface area (Å²) in [6, 6.07) is 11.4. The van der Waals surface area contributed by atoms with Crippen LogP contribution in [0.1, 0.15) is 12.8 Å². The van der Waals surface area contributed by atoms with Crippen LogP contribution in [-0.2, 0) is 9.59 Å². The molecule has 1 amide bonds. The monoisotopic (exact) mass is 341 g/mol. The first kappa shape index (κ1) is 16.6. The highest BCUT2D eigenvalue weighted by Gasteiger charge is 2.12. The molecule has 2 aromatic carbocycles. The van der Waals surface area contributed by atoms with E-state index in [4.69, 9.17) is 5.11 Å². The van der Waals surface area contributed by atoms with Gasteiger partial charge in [0.2, 0.25) is 6.41 Å². The average Bonchev–Trinajstić information content (AvgIpc) is 3.02. The number of amides is 1. The first-order chi connectivity index (χ1) is 12.1. The second-order valence-electron chi connectivity index (χ2n) is 5.61. The summed E-state index contributed by atoms with van der Waals surface area (Å²) >= 11 is 0. The van der Waals surface area contributed by atoms with E-state index in [0.29, 0.717) is 30.8 Å². The summed E-state index contributed by atoms with van der Waals surface area (Å²) < 4.78 is 13.1. The predicted molar refractivity (Wildman–Crippen MR) is 91.8 cm³/mol. The van der Waals surface area contributed by atoms with Crippen molar-refractivity contribution < 1.29 is 19.1 Å². The molecule has 0 aliphatic heterocycles. The zero-order chi connectivity index (χ0) is 17.8. The highest BCUT2D eigenvalue weighted by atomic mass is 19.1. The van der Waals surface area contributed by atoms with Crippen molar-refractivity contribution in [1.29, 1.82) is 0 Å². The van der Waals surface area contributed by atoms with Crippen molar-refractivity contribution in [2.75, 3.05) is 11.4 Å². The van der Waals surface area contributed by atoms with Crippen LogP contribution in [0.5, 0.6) is 0 Å². The molecule has 0 saturated carbocycles. The Hall–Kier alpha value is -3.22. The number of H-pyrrole nitrogens is 1. The van der Waals surface area contributed by atoms with E-state index in [-0.39, 0.29) is 12.2 Å². The van der Waals surface area contributed by atoms with Gasteiger partial charge >= 0.3 is 5.97 Å². The summed E-state index contributed by atoms with van der Waals surface area (Å²) in [5.74, 6) is -1.22. The number of benzene rings is 2. The van der Waals surface area contributed by atoms with Gasteiger partial charge in [-0.15, -0.1) is 0 Å². The molecule has 0 unspecified atom stereocenters. The number of hydrogen-bond donors (Lipinski definition) is 2. The van der Waals surface area contributed by atoms with Crippen molar-refractivity contribution in [3.05, 3.63) is 48.3 Å². The summed E-state index contributed by atoms with van der Waals surface area (Å²) in [5.41, 5.74) is 2.86. The van der Waals surface area contributed by atoms with Gasteiger partial charge in [0.25, 0.3) is 0 Å². The average molecular weight is 341 g/mol. The maximum Gasteiger partial charge on any atom is 0.303 e. The van der Waals surface area contributed by atoms with E-state index in [0.717, 1.165) is 16.5 Å². The number of anilines is 1. The number of nitrogens with zero attached hydrogens (tertiary/aromatic N) is 2. The molecular formula is C18H16FN3O3. The number of aliphatic carboxylic acids is 1. The lowest BCUT2D eigenvalue weighted by molar-refractivity contribution is -0.137. The quantitative estimate of drug-likeness (QED) is 0.646. The van der Waals surface area contributed by atoms with Gasteiger partial charge in [0, 0.05) is 29.6 Å². The molecule has 3 aromatic rings. The van der Waals surface area contributed by atoms with Crippen LogP contribution in [0.25, 0.3) is 22.2 Å². The molecule has 1 aromatic heterocycles. The molecule has 0 radical (unpaired) electrons. The third kappa shape index (κ3) is 3.65. The fourth-order valence-corrected chi connectivity index (χ4v) is 2.65. The normalized spacial score (nSPS) is 10.8. The summed E-state index contributed by atoms with van der Waals surface area (Å²) in [7, 11) is 0. The van der Waals surface area contributed by atoms with Gasteiger partial charge in [0.05, 0.1) is 11.2 Å². The van der Waals surface area contributed by atoms with Gasteiger partial charge in [0.15, 0.2) is 0 Å². The number of nitrogens with one attached hydrogen (secondary N) is 1. The van der Waals surface area contributed by atoms with E-state index < -0.39 is 5.97 Å². The van der Waals surface area contributed by atoms with Gasteiger partial charge in [-0.2, -0.15) is 5.10 Å². The Kier molecular flexibility index (Phi) is 4.74. The molecule has 0 spiro atoms. The van der Waals surface area contributed by atoms with Crippen LogP contribution in [0.15, 0.2) is 42.5 Å². The van der Waals surface area contributed by atoms with Crippen molar-refractivity contribution in [1.82, 2.24) is 10.2 Å². The van der Waals surface area contributed by atoms with Crippen molar-refractivity contribution >= 4 is 29.0 Å². The fraction of sp³-hybridized carbons (Fsp3) is 0.167. The molecule has 128 valence electrons. The Balaban J connectivity index is 1.92. The van der Waals surface area contributed by atoms with Crippen molar-refractivity contribution in [3.63, 3.8) is 0 Å². The number of carboxylic acid groups (broad SMARTS) is 1. The van der Waals surface area contributed by atoms with Crippen LogP contribution in [0.2, 0.25) is 0 Å². The first-order valence-electron chi connectivity index (χ1n) is 7.76.